The summed E-state index contributed by atoms with van der Waals surface area (Å²) in [5.41, 5.74) is 8.55. The minimum Gasteiger partial charge on any atom is -0.488 e. The summed E-state index contributed by atoms with van der Waals surface area (Å²) in [6, 6.07) is 17.2. The van der Waals surface area contributed by atoms with Crippen LogP contribution >= 0.6 is 0 Å². The van der Waals surface area contributed by atoms with E-state index in [1.165, 1.54) is 33.2 Å². The summed E-state index contributed by atoms with van der Waals surface area (Å²) in [5, 5.41) is 1.22. The van der Waals surface area contributed by atoms with Crippen LogP contribution in [-0.4, -0.2) is 19.7 Å². The van der Waals surface area contributed by atoms with Crippen molar-refractivity contribution in [3.05, 3.63) is 105 Å². The van der Waals surface area contributed by atoms with E-state index in [1.807, 2.05) is 12.1 Å². The average molecular weight is 604 g/mol. The van der Waals surface area contributed by atoms with Gasteiger partial charge in [-0.3, -0.25) is 0 Å². The van der Waals surface area contributed by atoms with Crippen molar-refractivity contribution in [3.8, 4) is 17.1 Å². The van der Waals surface area contributed by atoms with Gasteiger partial charge in [-0.05, 0) is 111 Å². The predicted octanol–water partition coefficient (Wildman–Crippen LogP) is 2.36. The molecule has 0 unspecified atom stereocenters. The Bertz CT molecular complexity index is 1710. The number of ether oxygens (including phenoxy) is 2. The highest BCUT2D eigenvalue weighted by atomic mass is 35.7. The summed E-state index contributed by atoms with van der Waals surface area (Å²) < 4.78 is 55.8. The normalized spacial score (nSPS) is 18.4. The van der Waals surface area contributed by atoms with Crippen molar-refractivity contribution < 1.29 is 42.8 Å². The minimum atomic E-state index is -4.94. The molecule has 3 aliphatic carbocycles. The molecule has 0 aromatic heterocycles. The van der Waals surface area contributed by atoms with E-state index in [9.17, 15) is 0 Å². The predicted molar refractivity (Wildman–Crippen MR) is 151 cm³/mol. The molecular weight excluding hydrogens is 570 g/mol. The number of halogens is 1. The SMILES string of the molecule is CC[N+](CC)=c1ccc2cc3c(oc-2c1)C(=CC1=C2OC4=C(C=C2CCC1)COc1ccccc14)CCC3.[O-][Cl+3]([O-])([O-])[O-]. The summed E-state index contributed by atoms with van der Waals surface area (Å²) >= 11 is 0. The van der Waals surface area contributed by atoms with Crippen molar-refractivity contribution in [2.24, 2.45) is 0 Å². The monoisotopic (exact) mass is 603 g/mol. The molecule has 8 nitrogen and oxygen atoms in total. The van der Waals surface area contributed by atoms with Crippen molar-refractivity contribution in [3.63, 3.8) is 0 Å². The topological polar surface area (TPSA) is 127 Å². The van der Waals surface area contributed by atoms with Crippen LogP contribution in [0.15, 0.2) is 87.6 Å². The van der Waals surface area contributed by atoms with Crippen LogP contribution in [0.2, 0.25) is 0 Å². The van der Waals surface area contributed by atoms with E-state index >= 15 is 0 Å². The first kappa shape index (κ1) is 29.4. The first-order valence-corrected chi connectivity index (χ1v) is 16.0. The van der Waals surface area contributed by atoms with Gasteiger partial charge in [0.25, 0.3) is 0 Å². The van der Waals surface area contributed by atoms with Crippen LogP contribution in [0.4, 0.5) is 0 Å². The maximum Gasteiger partial charge on any atom is 0.203 e. The molecule has 0 spiro atoms. The van der Waals surface area contributed by atoms with Crippen molar-refractivity contribution >= 4 is 11.3 Å². The number of rotatable bonds is 3. The van der Waals surface area contributed by atoms with Gasteiger partial charge in [-0.1, -0.05) is 12.1 Å². The van der Waals surface area contributed by atoms with Crippen molar-refractivity contribution in [1.82, 2.24) is 4.58 Å². The number of fused-ring (bicyclic) bond motifs is 5. The number of hydrogen-bond donors (Lipinski definition) is 0. The summed E-state index contributed by atoms with van der Waals surface area (Å²) in [6.07, 6.45) is 11.1. The third kappa shape index (κ3) is 6.34. The van der Waals surface area contributed by atoms with E-state index in [0.29, 0.717) is 6.61 Å². The standard InChI is InChI=1S/C34H34NO3.ClHO4/c1-3-35(4-2)28-16-15-22-17-23-9-7-10-24(32(23)37-31(22)20-28)18-25-11-8-12-26-19-27-21-36-30-14-6-5-13-29(30)34(27)38-33(25)26;2-1(3,4)5/h5-6,13-20H,3-4,7-12,21H2,1-2H3;(H,2,3,4,5)/q+1;/p-1. The van der Waals surface area contributed by atoms with Crippen LogP contribution in [0, 0.1) is 10.2 Å². The Balaban J connectivity index is 0.000000611. The molecule has 3 aliphatic heterocycles. The molecule has 7 rings (SSSR count). The van der Waals surface area contributed by atoms with Gasteiger partial charge in [0.05, 0.1) is 11.6 Å². The highest BCUT2D eigenvalue weighted by Crippen LogP contribution is 2.45. The Morgan fingerprint density at radius 1 is 0.884 bits per heavy atom. The Morgan fingerprint density at radius 2 is 1.65 bits per heavy atom. The fourth-order valence-electron chi connectivity index (χ4n) is 6.36. The molecule has 0 fully saturated rings. The molecule has 1 aromatic carbocycles. The summed E-state index contributed by atoms with van der Waals surface area (Å²) in [5.74, 6) is 4.90. The van der Waals surface area contributed by atoms with E-state index in [2.05, 4.69) is 67.0 Å². The number of allylic oxidation sites excluding steroid dienone is 4. The first-order valence-electron chi connectivity index (χ1n) is 14.8. The van der Waals surface area contributed by atoms with Gasteiger partial charge in [0.1, 0.15) is 48.5 Å². The summed E-state index contributed by atoms with van der Waals surface area (Å²) in [7, 11) is -4.94. The lowest BCUT2D eigenvalue weighted by Gasteiger charge is -2.31. The van der Waals surface area contributed by atoms with Crippen molar-refractivity contribution in [1.29, 1.82) is 0 Å². The van der Waals surface area contributed by atoms with E-state index in [4.69, 9.17) is 32.5 Å². The van der Waals surface area contributed by atoms with Crippen molar-refractivity contribution in [2.45, 2.75) is 52.4 Å². The quantitative estimate of drug-likeness (QED) is 0.421. The largest absolute Gasteiger partial charge is 0.488 e. The van der Waals surface area contributed by atoms with Gasteiger partial charge in [0.15, 0.2) is 0 Å². The van der Waals surface area contributed by atoms with Crippen LogP contribution in [0.5, 0.6) is 5.75 Å². The fourth-order valence-corrected chi connectivity index (χ4v) is 6.36. The minimum absolute atomic E-state index is 0.564. The summed E-state index contributed by atoms with van der Waals surface area (Å²) in [4.78, 5) is 0. The maximum absolute atomic E-state index is 8.49. The second kappa shape index (κ2) is 12.1. The highest BCUT2D eigenvalue weighted by Gasteiger charge is 2.30. The number of hydrogen-bond acceptors (Lipinski definition) is 7. The van der Waals surface area contributed by atoms with Gasteiger partial charge in [-0.2, -0.15) is 0 Å². The number of nitrogens with zero attached hydrogens (tertiary/aromatic N) is 1. The summed E-state index contributed by atoms with van der Waals surface area (Å²) in [6.45, 7) is 6.94. The zero-order chi connectivity index (χ0) is 30.1. The lowest BCUT2D eigenvalue weighted by molar-refractivity contribution is -2.00. The Kier molecular flexibility index (Phi) is 8.31. The van der Waals surface area contributed by atoms with E-state index < -0.39 is 10.2 Å². The zero-order valence-corrected chi connectivity index (χ0v) is 25.1. The van der Waals surface area contributed by atoms with Gasteiger partial charge < -0.3 is 13.9 Å². The Morgan fingerprint density at radius 3 is 2.44 bits per heavy atom. The lowest BCUT2D eigenvalue weighted by Crippen LogP contribution is -2.68. The molecule has 0 amide bonds. The van der Waals surface area contributed by atoms with Crippen LogP contribution in [0.25, 0.3) is 22.7 Å². The third-order valence-electron chi connectivity index (χ3n) is 8.33. The van der Waals surface area contributed by atoms with Crippen LogP contribution in [0.1, 0.15) is 62.8 Å². The van der Waals surface area contributed by atoms with Gasteiger partial charge in [-0.15, -0.1) is 10.2 Å². The Hall–Kier alpha value is -3.66. The second-order valence-electron chi connectivity index (χ2n) is 11.0. The number of aryl methyl sites for hydroxylation is 1. The molecule has 0 atom stereocenters. The van der Waals surface area contributed by atoms with E-state index in [1.54, 1.807) is 0 Å². The Labute approximate surface area is 252 Å². The molecule has 0 bridgehead atoms. The lowest BCUT2D eigenvalue weighted by atomic mass is 9.85. The van der Waals surface area contributed by atoms with Crippen LogP contribution in [-0.2, 0) is 11.2 Å². The van der Waals surface area contributed by atoms with Crippen LogP contribution in [0.3, 0.4) is 0 Å². The molecule has 0 radical (unpaired) electrons. The second-order valence-corrected chi connectivity index (χ2v) is 11.8. The smallest absolute Gasteiger partial charge is 0.203 e. The van der Waals surface area contributed by atoms with Gasteiger partial charge in [0, 0.05) is 17.2 Å². The van der Waals surface area contributed by atoms with E-state index in [-0.39, 0.29) is 0 Å². The van der Waals surface area contributed by atoms with Gasteiger partial charge >= 0.3 is 0 Å². The molecule has 0 saturated carbocycles. The fraction of sp³-hybridized carbons (Fsp3) is 0.324. The maximum atomic E-state index is 8.49. The molecule has 3 heterocycles. The average Bonchev–Trinajstić information content (AvgIpc) is 2.99. The first-order chi connectivity index (χ1) is 20.7. The molecule has 0 saturated heterocycles. The third-order valence-corrected chi connectivity index (χ3v) is 8.33. The zero-order valence-electron chi connectivity index (χ0n) is 24.3. The molecule has 43 heavy (non-hydrogen) atoms. The highest BCUT2D eigenvalue weighted by molar-refractivity contribution is 5.77. The molecule has 1 aromatic rings. The van der Waals surface area contributed by atoms with Crippen molar-refractivity contribution in [2.75, 3.05) is 19.7 Å². The molecule has 6 aliphatic rings. The molecular formula is C34H34ClNO7. The van der Waals surface area contributed by atoms with Gasteiger partial charge in [-0.25, -0.2) is 23.2 Å². The van der Waals surface area contributed by atoms with Crippen LogP contribution < -0.4 is 33.3 Å². The number of benzene rings is 2. The molecule has 0 N–H and O–H groups in total. The number of para-hydroxylation sites is 1. The molecule has 9 heteroatoms. The molecule has 224 valence electrons. The van der Waals surface area contributed by atoms with Gasteiger partial charge in [0.2, 0.25) is 5.36 Å². The van der Waals surface area contributed by atoms with E-state index in [0.717, 1.165) is 91.5 Å².